The Morgan fingerprint density at radius 2 is 1.71 bits per heavy atom. The Kier molecular flexibility index (Phi) is 8.83. The first-order valence-electron chi connectivity index (χ1n) is 11.8. The van der Waals surface area contributed by atoms with Crippen molar-refractivity contribution in [2.75, 3.05) is 17.1 Å². The molecule has 2 aromatic carbocycles. The molecule has 0 radical (unpaired) electrons. The molecule has 0 saturated heterocycles. The minimum Gasteiger partial charge on any atom is -0.352 e. The van der Waals surface area contributed by atoms with Crippen LogP contribution in [-0.2, 0) is 26.2 Å². The van der Waals surface area contributed by atoms with E-state index in [-0.39, 0.29) is 18.5 Å². The predicted octanol–water partition coefficient (Wildman–Crippen LogP) is 4.20. The molecule has 0 heterocycles. The van der Waals surface area contributed by atoms with Gasteiger partial charge < -0.3 is 10.2 Å². The highest BCUT2D eigenvalue weighted by atomic mass is 35.5. The summed E-state index contributed by atoms with van der Waals surface area (Å²) in [5.41, 5.74) is 2.95. The van der Waals surface area contributed by atoms with Crippen molar-refractivity contribution in [3.8, 4) is 0 Å². The van der Waals surface area contributed by atoms with Gasteiger partial charge in [-0.2, -0.15) is 0 Å². The number of rotatable bonds is 9. The minimum absolute atomic E-state index is 0.114. The van der Waals surface area contributed by atoms with Gasteiger partial charge in [-0.05, 0) is 56.9 Å². The van der Waals surface area contributed by atoms with Crippen LogP contribution in [0.4, 0.5) is 5.69 Å². The zero-order valence-corrected chi connectivity index (χ0v) is 22.3. The molecule has 1 fully saturated rings. The molecular formula is C26H34ClN3O4S. The molecule has 9 heteroatoms. The Labute approximate surface area is 213 Å². The van der Waals surface area contributed by atoms with Crippen LogP contribution >= 0.6 is 11.6 Å². The molecule has 2 aromatic rings. The van der Waals surface area contributed by atoms with Gasteiger partial charge >= 0.3 is 0 Å². The van der Waals surface area contributed by atoms with Crippen LogP contribution in [0.5, 0.6) is 0 Å². The van der Waals surface area contributed by atoms with E-state index in [0.29, 0.717) is 16.3 Å². The van der Waals surface area contributed by atoms with E-state index in [1.165, 1.54) is 11.0 Å². The first kappa shape index (κ1) is 27.0. The van der Waals surface area contributed by atoms with Crippen LogP contribution < -0.4 is 9.62 Å². The number of carbonyl (C=O) groups excluding carboxylic acids is 2. The van der Waals surface area contributed by atoms with Gasteiger partial charge in [0.2, 0.25) is 21.8 Å². The van der Waals surface area contributed by atoms with Gasteiger partial charge in [-0.25, -0.2) is 8.42 Å². The highest BCUT2D eigenvalue weighted by Gasteiger charge is 2.31. The number of hydrogen-bond acceptors (Lipinski definition) is 4. The minimum atomic E-state index is -3.80. The van der Waals surface area contributed by atoms with Crippen LogP contribution in [0.25, 0.3) is 0 Å². The van der Waals surface area contributed by atoms with E-state index in [1.54, 1.807) is 26.0 Å². The second-order valence-corrected chi connectivity index (χ2v) is 11.7. The van der Waals surface area contributed by atoms with Crippen LogP contribution in [-0.4, -0.2) is 50.0 Å². The van der Waals surface area contributed by atoms with E-state index < -0.39 is 28.5 Å². The molecular weight excluding hydrogens is 486 g/mol. The fraction of sp³-hybridized carbons (Fsp3) is 0.462. The maximum absolute atomic E-state index is 13.6. The van der Waals surface area contributed by atoms with Crippen molar-refractivity contribution in [3.05, 3.63) is 64.2 Å². The van der Waals surface area contributed by atoms with Gasteiger partial charge in [-0.1, -0.05) is 60.3 Å². The van der Waals surface area contributed by atoms with Gasteiger partial charge in [0.15, 0.2) is 0 Å². The maximum atomic E-state index is 13.6. The molecule has 3 rings (SSSR count). The number of carbonyl (C=O) groups is 2. The van der Waals surface area contributed by atoms with Gasteiger partial charge in [0, 0.05) is 17.6 Å². The zero-order valence-electron chi connectivity index (χ0n) is 20.8. The Balaban J connectivity index is 1.90. The summed E-state index contributed by atoms with van der Waals surface area (Å²) < 4.78 is 26.5. The molecule has 2 amide bonds. The first-order valence-corrected chi connectivity index (χ1v) is 14.1. The van der Waals surface area contributed by atoms with Gasteiger partial charge in [0.05, 0.1) is 11.9 Å². The van der Waals surface area contributed by atoms with Crippen molar-refractivity contribution in [1.29, 1.82) is 0 Å². The summed E-state index contributed by atoms with van der Waals surface area (Å²) in [6.07, 6.45) is 5.07. The molecule has 0 bridgehead atoms. The molecule has 1 aliphatic rings. The second-order valence-electron chi connectivity index (χ2n) is 9.37. The Hall–Kier alpha value is -2.58. The number of sulfonamides is 1. The summed E-state index contributed by atoms with van der Waals surface area (Å²) in [5.74, 6) is -0.702. The topological polar surface area (TPSA) is 86.8 Å². The number of aryl methyl sites for hydroxylation is 2. The zero-order chi connectivity index (χ0) is 25.8. The summed E-state index contributed by atoms with van der Waals surface area (Å²) in [7, 11) is -3.80. The van der Waals surface area contributed by atoms with Gasteiger partial charge in [-0.15, -0.1) is 0 Å². The average molecular weight is 520 g/mol. The third-order valence-electron chi connectivity index (χ3n) is 6.46. The molecule has 1 N–H and O–H groups in total. The first-order chi connectivity index (χ1) is 16.5. The van der Waals surface area contributed by atoms with Crippen molar-refractivity contribution < 1.29 is 18.0 Å². The molecule has 0 unspecified atom stereocenters. The van der Waals surface area contributed by atoms with E-state index in [2.05, 4.69) is 5.32 Å². The number of nitrogens with one attached hydrogen (secondary N) is 1. The Bertz CT molecular complexity index is 1160. The van der Waals surface area contributed by atoms with Crippen LogP contribution in [0.2, 0.25) is 5.02 Å². The van der Waals surface area contributed by atoms with E-state index in [9.17, 15) is 18.0 Å². The van der Waals surface area contributed by atoms with Crippen LogP contribution in [0.15, 0.2) is 42.5 Å². The SMILES string of the molecule is Cc1ccc(CN(C(=O)CN(c2cc(Cl)ccc2C)S(C)(=O)=O)[C@@H](C)C(=O)NC2CCCC2)cc1. The summed E-state index contributed by atoms with van der Waals surface area (Å²) >= 11 is 6.13. The number of anilines is 1. The lowest BCUT2D eigenvalue weighted by molar-refractivity contribution is -0.139. The number of hydrogen-bond donors (Lipinski definition) is 1. The summed E-state index contributed by atoms with van der Waals surface area (Å²) in [6, 6.07) is 12.0. The number of halogens is 1. The lowest BCUT2D eigenvalue weighted by Gasteiger charge is -2.32. The molecule has 1 atom stereocenters. The number of benzene rings is 2. The van der Waals surface area contributed by atoms with E-state index in [0.717, 1.165) is 47.4 Å². The van der Waals surface area contributed by atoms with Crippen LogP contribution in [0.1, 0.15) is 49.3 Å². The third-order valence-corrected chi connectivity index (χ3v) is 7.82. The van der Waals surface area contributed by atoms with Gasteiger partial charge in [0.25, 0.3) is 0 Å². The maximum Gasteiger partial charge on any atom is 0.244 e. The van der Waals surface area contributed by atoms with Crippen molar-refractivity contribution in [2.24, 2.45) is 0 Å². The summed E-state index contributed by atoms with van der Waals surface area (Å²) in [5, 5.41) is 3.43. The second kappa shape index (κ2) is 11.4. The largest absolute Gasteiger partial charge is 0.352 e. The van der Waals surface area contributed by atoms with Crippen molar-refractivity contribution in [2.45, 2.75) is 65.1 Å². The summed E-state index contributed by atoms with van der Waals surface area (Å²) in [6.45, 7) is 5.17. The van der Waals surface area contributed by atoms with Crippen LogP contribution in [0, 0.1) is 13.8 Å². The molecule has 1 saturated carbocycles. The quantitative estimate of drug-likeness (QED) is 0.538. The lowest BCUT2D eigenvalue weighted by Crippen LogP contribution is -2.52. The van der Waals surface area contributed by atoms with E-state index >= 15 is 0 Å². The van der Waals surface area contributed by atoms with E-state index in [1.807, 2.05) is 31.2 Å². The highest BCUT2D eigenvalue weighted by Crippen LogP contribution is 2.27. The third kappa shape index (κ3) is 7.21. The standard InChI is InChI=1S/C26H34ClN3O4S/c1-18-9-12-21(13-10-18)16-29(20(3)26(32)28-23-7-5-6-8-23)25(31)17-30(35(4,33)34)24-15-22(27)14-11-19(24)2/h9-15,20,23H,5-8,16-17H2,1-4H3,(H,28,32)/t20-/m0/s1. The molecule has 0 aliphatic heterocycles. The van der Waals surface area contributed by atoms with Crippen LogP contribution in [0.3, 0.4) is 0 Å². The Morgan fingerprint density at radius 1 is 1.09 bits per heavy atom. The van der Waals surface area contributed by atoms with E-state index in [4.69, 9.17) is 11.6 Å². The molecule has 0 aromatic heterocycles. The fourth-order valence-corrected chi connectivity index (χ4v) is 5.38. The van der Waals surface area contributed by atoms with Gasteiger partial charge in [0.1, 0.15) is 12.6 Å². The average Bonchev–Trinajstić information content (AvgIpc) is 3.30. The Morgan fingerprint density at radius 3 is 2.31 bits per heavy atom. The molecule has 0 spiro atoms. The molecule has 7 nitrogen and oxygen atoms in total. The lowest BCUT2D eigenvalue weighted by atomic mass is 10.1. The normalized spacial score (nSPS) is 15.0. The predicted molar refractivity (Wildman–Crippen MR) is 140 cm³/mol. The van der Waals surface area contributed by atoms with Crippen molar-refractivity contribution in [3.63, 3.8) is 0 Å². The number of nitrogens with zero attached hydrogens (tertiary/aromatic N) is 2. The fourth-order valence-electron chi connectivity index (χ4n) is 4.31. The monoisotopic (exact) mass is 519 g/mol. The molecule has 190 valence electrons. The highest BCUT2D eigenvalue weighted by molar-refractivity contribution is 7.92. The number of amides is 2. The molecule has 1 aliphatic carbocycles. The van der Waals surface area contributed by atoms with Crippen molar-refractivity contribution >= 4 is 39.1 Å². The van der Waals surface area contributed by atoms with Crippen molar-refractivity contribution in [1.82, 2.24) is 10.2 Å². The molecule has 35 heavy (non-hydrogen) atoms. The van der Waals surface area contributed by atoms with Gasteiger partial charge in [-0.3, -0.25) is 13.9 Å². The smallest absolute Gasteiger partial charge is 0.244 e. The summed E-state index contributed by atoms with van der Waals surface area (Å²) in [4.78, 5) is 28.2.